The van der Waals surface area contributed by atoms with Crippen LogP contribution in [0.2, 0.25) is 0 Å². The molecule has 1 aliphatic heterocycles. The third kappa shape index (κ3) is 7.56. The lowest BCUT2D eigenvalue weighted by molar-refractivity contribution is 0.0673. The van der Waals surface area contributed by atoms with E-state index in [9.17, 15) is 0 Å². The van der Waals surface area contributed by atoms with Crippen LogP contribution in [-0.2, 0) is 9.47 Å². The number of nitrogens with two attached hydrogens (primary N) is 1. The molecule has 1 heterocycles. The van der Waals surface area contributed by atoms with Gasteiger partial charge in [-0.3, -0.25) is 4.99 Å². The summed E-state index contributed by atoms with van der Waals surface area (Å²) in [5.74, 6) is 0.585. The SMILES string of the molecule is C=C(C)COCCN=C(N)N1CCOCC1.I. The Bertz CT molecular complexity index is 253. The summed E-state index contributed by atoms with van der Waals surface area (Å²) in [5, 5.41) is 0. The second-order valence-electron chi connectivity index (χ2n) is 3.85. The van der Waals surface area contributed by atoms with Crippen LogP contribution in [0.1, 0.15) is 6.92 Å². The van der Waals surface area contributed by atoms with Crippen molar-refractivity contribution < 1.29 is 9.47 Å². The fraction of sp³-hybridized carbons (Fsp3) is 0.727. The number of nitrogens with zero attached hydrogens (tertiary/aromatic N) is 2. The predicted octanol–water partition coefficient (Wildman–Crippen LogP) is 0.844. The summed E-state index contributed by atoms with van der Waals surface area (Å²) < 4.78 is 10.6. The quantitative estimate of drug-likeness (QED) is 0.261. The van der Waals surface area contributed by atoms with Gasteiger partial charge in [-0.15, -0.1) is 24.0 Å². The number of hydrogen-bond acceptors (Lipinski definition) is 3. The highest BCUT2D eigenvalue weighted by Crippen LogP contribution is 1.96. The maximum atomic E-state index is 5.84. The van der Waals surface area contributed by atoms with E-state index in [0.29, 0.717) is 25.7 Å². The lowest BCUT2D eigenvalue weighted by Crippen LogP contribution is -2.44. The number of rotatable bonds is 5. The molecule has 5 nitrogen and oxygen atoms in total. The smallest absolute Gasteiger partial charge is 0.191 e. The number of halogens is 1. The molecule has 1 rings (SSSR count). The Hall–Kier alpha value is -0.340. The van der Waals surface area contributed by atoms with Gasteiger partial charge >= 0.3 is 0 Å². The summed E-state index contributed by atoms with van der Waals surface area (Å²) in [7, 11) is 0. The van der Waals surface area contributed by atoms with Crippen molar-refractivity contribution in [3.05, 3.63) is 12.2 Å². The number of hydrogen-bond donors (Lipinski definition) is 1. The predicted molar refractivity (Wildman–Crippen MR) is 79.9 cm³/mol. The van der Waals surface area contributed by atoms with E-state index < -0.39 is 0 Å². The molecule has 2 N–H and O–H groups in total. The molecule has 0 aromatic rings. The molecule has 0 aromatic carbocycles. The van der Waals surface area contributed by atoms with Gasteiger partial charge in [0.2, 0.25) is 0 Å². The largest absolute Gasteiger partial charge is 0.378 e. The van der Waals surface area contributed by atoms with Crippen molar-refractivity contribution in [2.24, 2.45) is 10.7 Å². The maximum absolute atomic E-state index is 5.84. The zero-order chi connectivity index (χ0) is 11.8. The molecule has 0 atom stereocenters. The fourth-order valence-electron chi connectivity index (χ4n) is 1.36. The molecule has 0 bridgehead atoms. The molecule has 0 amide bonds. The van der Waals surface area contributed by atoms with E-state index in [4.69, 9.17) is 15.2 Å². The Labute approximate surface area is 120 Å². The maximum Gasteiger partial charge on any atom is 0.191 e. The van der Waals surface area contributed by atoms with Crippen LogP contribution in [0.4, 0.5) is 0 Å². The highest BCUT2D eigenvalue weighted by Gasteiger charge is 2.11. The molecular formula is C11H22IN3O2. The highest BCUT2D eigenvalue weighted by atomic mass is 127. The minimum atomic E-state index is 0. The molecule has 6 heteroatoms. The lowest BCUT2D eigenvalue weighted by Gasteiger charge is -2.27. The fourth-order valence-corrected chi connectivity index (χ4v) is 1.36. The molecule has 0 radical (unpaired) electrons. The highest BCUT2D eigenvalue weighted by molar-refractivity contribution is 14.0. The number of morpholine rings is 1. The lowest BCUT2D eigenvalue weighted by atomic mass is 10.4. The van der Waals surface area contributed by atoms with Gasteiger partial charge in [-0.05, 0) is 6.92 Å². The van der Waals surface area contributed by atoms with Crippen molar-refractivity contribution in [1.82, 2.24) is 4.90 Å². The topological polar surface area (TPSA) is 60.1 Å². The normalized spacial score (nSPS) is 16.5. The second-order valence-corrected chi connectivity index (χ2v) is 3.85. The summed E-state index contributed by atoms with van der Waals surface area (Å²) in [4.78, 5) is 6.28. The molecule has 1 fully saturated rings. The van der Waals surface area contributed by atoms with Crippen LogP contribution < -0.4 is 5.73 Å². The molecule has 0 unspecified atom stereocenters. The van der Waals surface area contributed by atoms with Crippen LogP contribution in [0.15, 0.2) is 17.1 Å². The summed E-state index contributed by atoms with van der Waals surface area (Å²) >= 11 is 0. The van der Waals surface area contributed by atoms with Gasteiger partial charge < -0.3 is 20.1 Å². The average molecular weight is 355 g/mol. The van der Waals surface area contributed by atoms with Crippen molar-refractivity contribution in [2.75, 3.05) is 46.1 Å². The number of ether oxygens (including phenoxy) is 2. The Kier molecular flexibility index (Phi) is 9.47. The Morgan fingerprint density at radius 2 is 2.12 bits per heavy atom. The molecule has 1 aliphatic rings. The van der Waals surface area contributed by atoms with E-state index in [1.54, 1.807) is 0 Å². The first-order chi connectivity index (χ1) is 7.70. The summed E-state index contributed by atoms with van der Waals surface area (Å²) in [5.41, 5.74) is 6.86. The minimum Gasteiger partial charge on any atom is -0.378 e. The van der Waals surface area contributed by atoms with Gasteiger partial charge in [0.15, 0.2) is 5.96 Å². The monoisotopic (exact) mass is 355 g/mol. The molecule has 100 valence electrons. The zero-order valence-electron chi connectivity index (χ0n) is 10.4. The second kappa shape index (κ2) is 9.67. The third-order valence-electron chi connectivity index (χ3n) is 2.19. The van der Waals surface area contributed by atoms with E-state index in [2.05, 4.69) is 11.6 Å². The summed E-state index contributed by atoms with van der Waals surface area (Å²) in [6.45, 7) is 10.5. The van der Waals surface area contributed by atoms with Crippen molar-refractivity contribution in [1.29, 1.82) is 0 Å². The van der Waals surface area contributed by atoms with E-state index in [1.165, 1.54) is 0 Å². The standard InChI is InChI=1S/C11H21N3O2.HI/c1-10(2)9-16-6-3-13-11(12)14-4-7-15-8-5-14;/h1,3-9H2,2H3,(H2,12,13);1H. The van der Waals surface area contributed by atoms with Gasteiger partial charge in [0.05, 0.1) is 33.0 Å². The molecule has 1 saturated heterocycles. The van der Waals surface area contributed by atoms with Crippen molar-refractivity contribution in [3.8, 4) is 0 Å². The summed E-state index contributed by atoms with van der Waals surface area (Å²) in [6, 6.07) is 0. The van der Waals surface area contributed by atoms with Crippen LogP contribution >= 0.6 is 24.0 Å². The molecule has 0 aromatic heterocycles. The first-order valence-electron chi connectivity index (χ1n) is 5.55. The van der Waals surface area contributed by atoms with Crippen molar-refractivity contribution in [2.45, 2.75) is 6.92 Å². The Morgan fingerprint density at radius 1 is 1.47 bits per heavy atom. The molecule has 17 heavy (non-hydrogen) atoms. The van der Waals surface area contributed by atoms with Crippen molar-refractivity contribution >= 4 is 29.9 Å². The number of aliphatic imine (C=N–C) groups is 1. The molecular weight excluding hydrogens is 333 g/mol. The zero-order valence-corrected chi connectivity index (χ0v) is 12.7. The van der Waals surface area contributed by atoms with Crippen LogP contribution in [0, 0.1) is 0 Å². The van der Waals surface area contributed by atoms with Crippen LogP contribution in [0.5, 0.6) is 0 Å². The molecule has 0 spiro atoms. The van der Waals surface area contributed by atoms with Gasteiger partial charge in [0.1, 0.15) is 0 Å². The molecule has 0 aliphatic carbocycles. The van der Waals surface area contributed by atoms with Gasteiger partial charge in [0, 0.05) is 13.1 Å². The van der Waals surface area contributed by atoms with Crippen LogP contribution in [-0.4, -0.2) is 56.9 Å². The van der Waals surface area contributed by atoms with E-state index in [-0.39, 0.29) is 24.0 Å². The van der Waals surface area contributed by atoms with E-state index >= 15 is 0 Å². The van der Waals surface area contributed by atoms with Crippen LogP contribution in [0.3, 0.4) is 0 Å². The van der Waals surface area contributed by atoms with Crippen molar-refractivity contribution in [3.63, 3.8) is 0 Å². The average Bonchev–Trinajstić information content (AvgIpc) is 2.29. The number of guanidine groups is 1. The summed E-state index contributed by atoms with van der Waals surface area (Å²) in [6.07, 6.45) is 0. The van der Waals surface area contributed by atoms with E-state index in [1.807, 2.05) is 11.8 Å². The van der Waals surface area contributed by atoms with Gasteiger partial charge in [-0.25, -0.2) is 0 Å². The van der Waals surface area contributed by atoms with Gasteiger partial charge in [-0.2, -0.15) is 0 Å². The Balaban J connectivity index is 0.00000256. The first kappa shape index (κ1) is 16.7. The Morgan fingerprint density at radius 3 is 2.71 bits per heavy atom. The first-order valence-corrected chi connectivity index (χ1v) is 5.55. The van der Waals surface area contributed by atoms with Crippen LogP contribution in [0.25, 0.3) is 0 Å². The minimum absolute atomic E-state index is 0. The van der Waals surface area contributed by atoms with Gasteiger partial charge in [-0.1, -0.05) is 12.2 Å². The third-order valence-corrected chi connectivity index (χ3v) is 2.19. The van der Waals surface area contributed by atoms with Gasteiger partial charge in [0.25, 0.3) is 0 Å². The van der Waals surface area contributed by atoms with E-state index in [0.717, 1.165) is 31.9 Å². The molecule has 0 saturated carbocycles.